The quantitative estimate of drug-likeness (QED) is 0.140. The van der Waals surface area contributed by atoms with Crippen LogP contribution in [0.25, 0.3) is 11.0 Å². The molecule has 180 valence electrons. The van der Waals surface area contributed by atoms with E-state index in [1.165, 1.54) is 36.4 Å². The van der Waals surface area contributed by atoms with Crippen LogP contribution in [0.15, 0.2) is 82.1 Å². The Bertz CT molecular complexity index is 1320. The Balaban J connectivity index is 1.41. The highest BCUT2D eigenvalue weighted by Gasteiger charge is 2.25. The van der Waals surface area contributed by atoms with Crippen molar-refractivity contribution in [2.75, 3.05) is 13.2 Å². The largest absolute Gasteiger partial charge is 0.611 e. The van der Waals surface area contributed by atoms with Crippen LogP contribution in [0.5, 0.6) is 5.75 Å². The third-order valence-corrected chi connectivity index (χ3v) is 6.48. The molecule has 1 heterocycles. The smallest absolute Gasteiger partial charge is 0.287 e. The molecule has 35 heavy (non-hydrogen) atoms. The molecule has 3 aromatic carbocycles. The number of ether oxygens (including phenoxy) is 1. The van der Waals surface area contributed by atoms with Crippen molar-refractivity contribution < 1.29 is 32.9 Å². The molecule has 0 saturated carbocycles. The first-order valence-corrected chi connectivity index (χ1v) is 11.9. The van der Waals surface area contributed by atoms with Crippen LogP contribution < -0.4 is 15.5 Å². The highest BCUT2D eigenvalue weighted by atomic mass is 32.2. The van der Waals surface area contributed by atoms with Crippen LogP contribution in [-0.2, 0) is 16.9 Å². The lowest BCUT2D eigenvalue weighted by atomic mass is 10.1. The first kappa shape index (κ1) is 24.3. The van der Waals surface area contributed by atoms with Gasteiger partial charge in [0.1, 0.15) is 29.5 Å². The minimum atomic E-state index is -1.52. The Hall–Kier alpha value is -3.86. The van der Waals surface area contributed by atoms with Gasteiger partial charge in [0.2, 0.25) is 5.76 Å². The normalized spacial score (nSPS) is 11.7. The molecule has 0 aliphatic rings. The molecule has 0 fully saturated rings. The SMILES string of the molecule is O=C(NO)c1ccc(OCCNC(=O)c2oc3ccccc3c2C[S+]([O-])c2ccc(F)cc2)cc1. The molecule has 3 N–H and O–H groups in total. The Morgan fingerprint density at radius 2 is 1.71 bits per heavy atom. The summed E-state index contributed by atoms with van der Waals surface area (Å²) in [5.41, 5.74) is 2.81. The van der Waals surface area contributed by atoms with E-state index in [1.807, 2.05) is 0 Å². The third kappa shape index (κ3) is 5.80. The number of amides is 2. The van der Waals surface area contributed by atoms with Crippen molar-refractivity contribution in [3.63, 3.8) is 0 Å². The predicted molar refractivity (Wildman–Crippen MR) is 126 cm³/mol. The number of rotatable bonds is 9. The predicted octanol–water partition coefficient (Wildman–Crippen LogP) is 3.81. The number of benzene rings is 3. The number of hydrogen-bond donors (Lipinski definition) is 3. The summed E-state index contributed by atoms with van der Waals surface area (Å²) in [5, 5.41) is 12.1. The molecule has 0 saturated heterocycles. The highest BCUT2D eigenvalue weighted by molar-refractivity contribution is 7.90. The van der Waals surface area contributed by atoms with E-state index in [1.54, 1.807) is 41.9 Å². The number of nitrogens with one attached hydrogen (secondary N) is 2. The van der Waals surface area contributed by atoms with E-state index in [-0.39, 0.29) is 30.2 Å². The molecule has 4 aromatic rings. The number of para-hydroxylation sites is 1. The van der Waals surface area contributed by atoms with Gasteiger partial charge in [0.15, 0.2) is 4.90 Å². The van der Waals surface area contributed by atoms with E-state index < -0.39 is 28.8 Å². The Morgan fingerprint density at radius 1 is 1.00 bits per heavy atom. The number of halogens is 1. The molecule has 0 radical (unpaired) electrons. The van der Waals surface area contributed by atoms with Gasteiger partial charge in [-0.25, -0.2) is 9.87 Å². The molecule has 0 spiro atoms. The summed E-state index contributed by atoms with van der Waals surface area (Å²) in [4.78, 5) is 24.7. The van der Waals surface area contributed by atoms with Gasteiger partial charge >= 0.3 is 0 Å². The molecule has 1 unspecified atom stereocenters. The second-order valence-corrected chi connectivity index (χ2v) is 8.87. The fraction of sp³-hybridized carbons (Fsp3) is 0.120. The first-order valence-electron chi connectivity index (χ1n) is 10.6. The third-order valence-electron chi connectivity index (χ3n) is 5.13. The number of furan rings is 1. The summed E-state index contributed by atoms with van der Waals surface area (Å²) in [6, 6.07) is 18.6. The summed E-state index contributed by atoms with van der Waals surface area (Å²) in [6.45, 7) is 0.309. The lowest BCUT2D eigenvalue weighted by Crippen LogP contribution is -2.28. The van der Waals surface area contributed by atoms with Crippen molar-refractivity contribution in [2.24, 2.45) is 0 Å². The van der Waals surface area contributed by atoms with Gasteiger partial charge in [-0.2, -0.15) is 0 Å². The van der Waals surface area contributed by atoms with Gasteiger partial charge in [0, 0.05) is 10.9 Å². The Kier molecular flexibility index (Phi) is 7.66. The summed E-state index contributed by atoms with van der Waals surface area (Å²) >= 11 is -1.52. The van der Waals surface area contributed by atoms with Gasteiger partial charge in [0.05, 0.1) is 12.1 Å². The summed E-state index contributed by atoms with van der Waals surface area (Å²) < 4.78 is 37.5. The summed E-state index contributed by atoms with van der Waals surface area (Å²) in [7, 11) is 0. The zero-order chi connectivity index (χ0) is 24.8. The first-order chi connectivity index (χ1) is 17.0. The van der Waals surface area contributed by atoms with Crippen LogP contribution in [0, 0.1) is 5.82 Å². The molecule has 4 rings (SSSR count). The van der Waals surface area contributed by atoms with E-state index in [0.29, 0.717) is 27.2 Å². The maximum absolute atomic E-state index is 13.2. The lowest BCUT2D eigenvalue weighted by molar-refractivity contribution is 0.0706. The summed E-state index contributed by atoms with van der Waals surface area (Å²) in [5.74, 6) is -0.977. The molecule has 8 nitrogen and oxygen atoms in total. The average molecular weight is 497 g/mol. The van der Waals surface area contributed by atoms with Crippen LogP contribution in [0.3, 0.4) is 0 Å². The maximum atomic E-state index is 13.2. The molecular weight excluding hydrogens is 475 g/mol. The molecular formula is C25H21FN2O6S. The zero-order valence-electron chi connectivity index (χ0n) is 18.3. The number of carbonyl (C=O) groups excluding carboxylic acids is 2. The van der Waals surface area contributed by atoms with Crippen molar-refractivity contribution in [1.29, 1.82) is 0 Å². The van der Waals surface area contributed by atoms with Gasteiger partial charge in [-0.05, 0) is 65.8 Å². The van der Waals surface area contributed by atoms with Gasteiger partial charge in [0.25, 0.3) is 11.8 Å². The molecule has 1 aromatic heterocycles. The van der Waals surface area contributed by atoms with Gasteiger partial charge < -0.3 is 19.0 Å². The van der Waals surface area contributed by atoms with Crippen molar-refractivity contribution in [3.8, 4) is 5.75 Å². The van der Waals surface area contributed by atoms with Gasteiger partial charge in [-0.15, -0.1) is 0 Å². The molecule has 0 aliphatic carbocycles. The molecule has 2 amide bonds. The summed E-state index contributed by atoms with van der Waals surface area (Å²) in [6.07, 6.45) is 0. The maximum Gasteiger partial charge on any atom is 0.287 e. The highest BCUT2D eigenvalue weighted by Crippen LogP contribution is 2.29. The molecule has 1 atom stereocenters. The monoisotopic (exact) mass is 496 g/mol. The number of fused-ring (bicyclic) bond motifs is 1. The van der Waals surface area contributed by atoms with Gasteiger partial charge in [-0.1, -0.05) is 18.2 Å². The Labute approximate surface area is 202 Å². The minimum Gasteiger partial charge on any atom is -0.611 e. The van der Waals surface area contributed by atoms with Crippen LogP contribution in [0.2, 0.25) is 0 Å². The fourth-order valence-corrected chi connectivity index (χ4v) is 4.56. The van der Waals surface area contributed by atoms with E-state index in [0.717, 1.165) is 0 Å². The van der Waals surface area contributed by atoms with Crippen molar-refractivity contribution in [2.45, 2.75) is 10.6 Å². The second kappa shape index (κ2) is 11.0. The van der Waals surface area contributed by atoms with Crippen molar-refractivity contribution in [1.82, 2.24) is 10.8 Å². The molecule has 10 heteroatoms. The minimum absolute atomic E-state index is 0.0235. The Morgan fingerprint density at radius 3 is 2.43 bits per heavy atom. The van der Waals surface area contributed by atoms with E-state index in [9.17, 15) is 18.5 Å². The van der Waals surface area contributed by atoms with Crippen molar-refractivity contribution >= 4 is 34.0 Å². The number of carbonyl (C=O) groups is 2. The number of hydrogen-bond acceptors (Lipinski definition) is 6. The second-order valence-electron chi connectivity index (χ2n) is 7.42. The lowest BCUT2D eigenvalue weighted by Gasteiger charge is -2.11. The topological polar surface area (TPSA) is 124 Å². The average Bonchev–Trinajstić information content (AvgIpc) is 3.25. The van der Waals surface area contributed by atoms with Crippen LogP contribution in [0.4, 0.5) is 4.39 Å². The standard InChI is InChI=1S/C25H21FN2O6S/c26-17-7-11-19(12-8-17)35(32)15-21-20-3-1-2-4-22(20)34-23(21)25(30)27-13-14-33-18-9-5-16(6-10-18)24(29)28-31/h1-12,31H,13-15H2,(H,27,30)(H,28,29). The van der Waals surface area contributed by atoms with E-state index in [4.69, 9.17) is 14.4 Å². The van der Waals surface area contributed by atoms with Crippen LogP contribution in [-0.4, -0.2) is 34.7 Å². The van der Waals surface area contributed by atoms with Crippen LogP contribution in [0.1, 0.15) is 26.5 Å². The van der Waals surface area contributed by atoms with E-state index >= 15 is 0 Å². The number of hydroxylamine groups is 1. The fourth-order valence-electron chi connectivity index (χ4n) is 3.41. The molecule has 0 aliphatic heterocycles. The van der Waals surface area contributed by atoms with Crippen molar-refractivity contribution in [3.05, 3.63) is 95.5 Å². The van der Waals surface area contributed by atoms with E-state index in [2.05, 4.69) is 5.32 Å². The van der Waals surface area contributed by atoms with Gasteiger partial charge in [-0.3, -0.25) is 14.8 Å². The van der Waals surface area contributed by atoms with Crippen LogP contribution >= 0.6 is 0 Å². The zero-order valence-corrected chi connectivity index (χ0v) is 19.1. The molecule has 0 bridgehead atoms.